The van der Waals surface area contributed by atoms with Gasteiger partial charge in [0.2, 0.25) is 0 Å². The summed E-state index contributed by atoms with van der Waals surface area (Å²) in [4.78, 5) is 13.1. The van der Waals surface area contributed by atoms with Gasteiger partial charge < -0.3 is 5.11 Å². The molecule has 1 aliphatic carbocycles. The minimum atomic E-state index is -0.644. The number of likely N-dealkylation sites (N-methyl/N-ethyl adjacent to an activating group) is 1. The maximum Gasteiger partial charge on any atom is 0.320 e. The van der Waals surface area contributed by atoms with Crippen molar-refractivity contribution in [2.75, 3.05) is 7.05 Å². The molecule has 1 aliphatic heterocycles. The summed E-state index contributed by atoms with van der Waals surface area (Å²) in [7, 11) is 1.97. The minimum absolute atomic E-state index is 0.227. The van der Waals surface area contributed by atoms with Crippen molar-refractivity contribution in [3.63, 3.8) is 0 Å². The van der Waals surface area contributed by atoms with Gasteiger partial charge in [-0.1, -0.05) is 20.8 Å². The molecule has 16 heavy (non-hydrogen) atoms. The van der Waals surface area contributed by atoms with Gasteiger partial charge in [-0.25, -0.2) is 0 Å². The van der Waals surface area contributed by atoms with E-state index in [1.165, 1.54) is 19.3 Å². The lowest BCUT2D eigenvalue weighted by atomic mass is 9.79. The van der Waals surface area contributed by atoms with Gasteiger partial charge in [0, 0.05) is 6.04 Å². The van der Waals surface area contributed by atoms with E-state index in [0.717, 1.165) is 12.3 Å². The van der Waals surface area contributed by atoms with Crippen LogP contribution in [0.15, 0.2) is 0 Å². The first-order valence-corrected chi connectivity index (χ1v) is 6.54. The smallest absolute Gasteiger partial charge is 0.320 e. The molecule has 1 N–H and O–H groups in total. The van der Waals surface area contributed by atoms with Gasteiger partial charge in [0.25, 0.3) is 0 Å². The molecule has 3 nitrogen and oxygen atoms in total. The van der Waals surface area contributed by atoms with Crippen LogP contribution in [0.4, 0.5) is 0 Å². The molecule has 4 unspecified atom stereocenters. The molecular formula is C13H25NO2. The summed E-state index contributed by atoms with van der Waals surface area (Å²) in [6.45, 7) is 6.28. The first-order chi connectivity index (χ1) is 7.59. The summed E-state index contributed by atoms with van der Waals surface area (Å²) in [6.07, 6.45) is 4.53. The highest BCUT2D eigenvalue weighted by molar-refractivity contribution is 5.74. The number of carboxylic acid groups (broad SMARTS) is 1. The van der Waals surface area contributed by atoms with Crippen LogP contribution in [0.5, 0.6) is 0 Å². The van der Waals surface area contributed by atoms with Crippen LogP contribution in [0, 0.1) is 11.8 Å². The normalized spacial score (nSPS) is 38.5. The SMILES string of the molecule is CC.CC1CCC2C(C1)CC(C(=O)O)N2C. The number of hydrogen-bond acceptors (Lipinski definition) is 2. The van der Waals surface area contributed by atoms with Crippen molar-refractivity contribution in [2.45, 2.75) is 58.5 Å². The number of nitrogens with zero attached hydrogens (tertiary/aromatic N) is 1. The van der Waals surface area contributed by atoms with Crippen LogP contribution >= 0.6 is 0 Å². The number of fused-ring (bicyclic) bond motifs is 1. The Bertz CT molecular complexity index is 242. The fourth-order valence-electron chi connectivity index (χ4n) is 3.23. The highest BCUT2D eigenvalue weighted by atomic mass is 16.4. The Morgan fingerprint density at radius 2 is 1.88 bits per heavy atom. The Hall–Kier alpha value is -0.570. The second-order valence-electron chi connectivity index (χ2n) is 5.00. The summed E-state index contributed by atoms with van der Waals surface area (Å²) in [5.74, 6) is 0.775. The second-order valence-corrected chi connectivity index (χ2v) is 5.00. The Labute approximate surface area is 98.8 Å². The first kappa shape index (κ1) is 13.5. The monoisotopic (exact) mass is 227 g/mol. The standard InChI is InChI=1S/C11H19NO2.C2H6/c1-7-3-4-9-8(5-7)6-10(11(13)14)12(9)2;1-2/h7-10H,3-6H2,1-2H3,(H,13,14);1-2H3. The lowest BCUT2D eigenvalue weighted by molar-refractivity contribution is -0.142. The Kier molecular flexibility index (Phi) is 4.78. The third-order valence-corrected chi connectivity index (χ3v) is 4.03. The summed E-state index contributed by atoms with van der Waals surface area (Å²) in [5, 5.41) is 9.05. The van der Waals surface area contributed by atoms with E-state index < -0.39 is 5.97 Å². The fraction of sp³-hybridized carbons (Fsp3) is 0.923. The molecule has 2 aliphatic rings. The Morgan fingerprint density at radius 3 is 2.44 bits per heavy atom. The van der Waals surface area contributed by atoms with Gasteiger partial charge in [-0.15, -0.1) is 0 Å². The topological polar surface area (TPSA) is 40.5 Å². The van der Waals surface area contributed by atoms with E-state index in [4.69, 9.17) is 5.11 Å². The van der Waals surface area contributed by atoms with Crippen molar-refractivity contribution < 1.29 is 9.90 Å². The van der Waals surface area contributed by atoms with Crippen molar-refractivity contribution in [3.05, 3.63) is 0 Å². The molecule has 4 atom stereocenters. The maximum atomic E-state index is 11.0. The molecule has 0 aromatic heterocycles. The lowest BCUT2D eigenvalue weighted by Gasteiger charge is -2.33. The minimum Gasteiger partial charge on any atom is -0.480 e. The van der Waals surface area contributed by atoms with E-state index in [9.17, 15) is 4.79 Å². The maximum absolute atomic E-state index is 11.0. The predicted octanol–water partition coefficient (Wildman–Crippen LogP) is 2.61. The van der Waals surface area contributed by atoms with Gasteiger partial charge in [0.05, 0.1) is 0 Å². The van der Waals surface area contributed by atoms with Crippen molar-refractivity contribution in [2.24, 2.45) is 11.8 Å². The number of carboxylic acids is 1. The van der Waals surface area contributed by atoms with Crippen LogP contribution in [0.25, 0.3) is 0 Å². The van der Waals surface area contributed by atoms with E-state index >= 15 is 0 Å². The van der Waals surface area contributed by atoms with Crippen molar-refractivity contribution in [1.82, 2.24) is 4.90 Å². The molecule has 3 heteroatoms. The van der Waals surface area contributed by atoms with E-state index in [2.05, 4.69) is 11.8 Å². The van der Waals surface area contributed by atoms with Crippen LogP contribution in [-0.2, 0) is 4.79 Å². The van der Waals surface area contributed by atoms with Crippen LogP contribution in [-0.4, -0.2) is 35.1 Å². The highest BCUT2D eigenvalue weighted by Crippen LogP contribution is 2.40. The summed E-state index contributed by atoms with van der Waals surface area (Å²) in [6, 6.07) is 0.308. The zero-order chi connectivity index (χ0) is 12.3. The third kappa shape index (κ3) is 2.57. The number of rotatable bonds is 1. The third-order valence-electron chi connectivity index (χ3n) is 4.03. The first-order valence-electron chi connectivity index (χ1n) is 6.54. The lowest BCUT2D eigenvalue weighted by Crippen LogP contribution is -2.39. The molecule has 1 saturated heterocycles. The zero-order valence-corrected chi connectivity index (χ0v) is 10.9. The van der Waals surface area contributed by atoms with Gasteiger partial charge in [0.1, 0.15) is 6.04 Å². The molecule has 0 radical (unpaired) electrons. The molecule has 0 bridgehead atoms. The van der Waals surface area contributed by atoms with E-state index in [1.807, 2.05) is 20.9 Å². The van der Waals surface area contributed by atoms with Crippen LogP contribution in [0.2, 0.25) is 0 Å². The Morgan fingerprint density at radius 1 is 1.25 bits per heavy atom. The van der Waals surface area contributed by atoms with Crippen LogP contribution in [0.1, 0.15) is 46.5 Å². The van der Waals surface area contributed by atoms with Crippen molar-refractivity contribution in [1.29, 1.82) is 0 Å². The van der Waals surface area contributed by atoms with E-state index in [-0.39, 0.29) is 6.04 Å². The molecule has 2 rings (SSSR count). The molecule has 1 saturated carbocycles. The quantitative estimate of drug-likeness (QED) is 0.748. The van der Waals surface area contributed by atoms with Gasteiger partial charge in [-0.05, 0) is 44.6 Å². The summed E-state index contributed by atoms with van der Waals surface area (Å²) < 4.78 is 0. The number of hydrogen-bond donors (Lipinski definition) is 1. The van der Waals surface area contributed by atoms with Gasteiger partial charge in [-0.2, -0.15) is 0 Å². The molecular weight excluding hydrogens is 202 g/mol. The number of likely N-dealkylation sites (tertiary alicyclic amines) is 1. The Balaban J connectivity index is 0.000000606. The van der Waals surface area contributed by atoms with E-state index in [1.54, 1.807) is 0 Å². The molecule has 0 spiro atoms. The average Bonchev–Trinajstić information content (AvgIpc) is 2.58. The number of aliphatic carboxylic acids is 1. The van der Waals surface area contributed by atoms with Gasteiger partial charge in [-0.3, -0.25) is 9.69 Å². The van der Waals surface area contributed by atoms with Crippen LogP contribution in [0.3, 0.4) is 0 Å². The highest BCUT2D eigenvalue weighted by Gasteiger charge is 2.44. The molecule has 94 valence electrons. The average molecular weight is 227 g/mol. The van der Waals surface area contributed by atoms with E-state index in [0.29, 0.717) is 12.0 Å². The van der Waals surface area contributed by atoms with Crippen molar-refractivity contribution in [3.8, 4) is 0 Å². The molecule has 0 amide bonds. The molecule has 0 aromatic carbocycles. The number of carbonyl (C=O) groups is 1. The largest absolute Gasteiger partial charge is 0.480 e. The van der Waals surface area contributed by atoms with Gasteiger partial charge >= 0.3 is 5.97 Å². The zero-order valence-electron chi connectivity index (χ0n) is 10.9. The molecule has 1 heterocycles. The summed E-state index contributed by atoms with van der Waals surface area (Å²) in [5.41, 5.74) is 0. The fourth-order valence-corrected chi connectivity index (χ4v) is 3.23. The van der Waals surface area contributed by atoms with Crippen molar-refractivity contribution >= 4 is 5.97 Å². The predicted molar refractivity (Wildman–Crippen MR) is 65.4 cm³/mol. The summed E-state index contributed by atoms with van der Waals surface area (Å²) >= 11 is 0. The molecule has 2 fully saturated rings. The van der Waals surface area contributed by atoms with Crippen LogP contribution < -0.4 is 0 Å². The van der Waals surface area contributed by atoms with Gasteiger partial charge in [0.15, 0.2) is 0 Å². The molecule has 0 aromatic rings. The second kappa shape index (κ2) is 5.67.